The van der Waals surface area contributed by atoms with E-state index in [4.69, 9.17) is 9.47 Å². The minimum absolute atomic E-state index is 0. The lowest BCUT2D eigenvalue weighted by atomic mass is 9.94. The summed E-state index contributed by atoms with van der Waals surface area (Å²) in [4.78, 5) is 12.7. The highest BCUT2D eigenvalue weighted by atomic mass is 35.5. The maximum Gasteiger partial charge on any atom is 0.240 e. The normalized spacial score (nSPS) is 24.1. The van der Waals surface area contributed by atoms with Gasteiger partial charge < -0.3 is 20.1 Å². The third kappa shape index (κ3) is 4.10. The second kappa shape index (κ2) is 8.74. The third-order valence-electron chi connectivity index (χ3n) is 5.07. The summed E-state index contributed by atoms with van der Waals surface area (Å²) in [5.41, 5.74) is 3.22. The smallest absolute Gasteiger partial charge is 0.240 e. The van der Waals surface area contributed by atoms with Gasteiger partial charge in [-0.15, -0.1) is 12.4 Å². The van der Waals surface area contributed by atoms with Crippen LogP contribution in [0.15, 0.2) is 48.5 Å². The molecular formula is C21H25ClN2O3. The zero-order valence-corrected chi connectivity index (χ0v) is 16.1. The molecule has 5 nitrogen and oxygen atoms in total. The highest BCUT2D eigenvalue weighted by molar-refractivity contribution is 5.85. The molecule has 1 unspecified atom stereocenters. The van der Waals surface area contributed by atoms with Crippen LogP contribution >= 0.6 is 12.4 Å². The number of amides is 1. The first-order valence-electron chi connectivity index (χ1n) is 9.20. The summed E-state index contributed by atoms with van der Waals surface area (Å²) in [6.45, 7) is 3.87. The van der Waals surface area contributed by atoms with Gasteiger partial charge in [0.15, 0.2) is 0 Å². The Balaban J connectivity index is 0.00000210. The Morgan fingerprint density at radius 1 is 1.11 bits per heavy atom. The minimum Gasteiger partial charge on any atom is -0.492 e. The van der Waals surface area contributed by atoms with Crippen LogP contribution in [0.4, 0.5) is 0 Å². The molecule has 1 fully saturated rings. The molecule has 2 aromatic rings. The number of para-hydroxylation sites is 1. The molecule has 0 saturated carbocycles. The molecule has 0 aromatic heterocycles. The van der Waals surface area contributed by atoms with Crippen molar-refractivity contribution >= 4 is 18.3 Å². The number of morpholine rings is 1. The number of rotatable bonds is 3. The average molecular weight is 389 g/mol. The van der Waals surface area contributed by atoms with Gasteiger partial charge in [0.2, 0.25) is 5.91 Å². The number of carbonyl (C=O) groups is 1. The van der Waals surface area contributed by atoms with Crippen molar-refractivity contribution < 1.29 is 14.3 Å². The van der Waals surface area contributed by atoms with Crippen LogP contribution in [0.5, 0.6) is 5.75 Å². The summed E-state index contributed by atoms with van der Waals surface area (Å²) in [5.74, 6) is 0.858. The van der Waals surface area contributed by atoms with Gasteiger partial charge in [0.25, 0.3) is 0 Å². The van der Waals surface area contributed by atoms with E-state index >= 15 is 0 Å². The predicted octanol–water partition coefficient (Wildman–Crippen LogP) is 3.09. The van der Waals surface area contributed by atoms with Gasteiger partial charge in [0, 0.05) is 24.1 Å². The molecule has 27 heavy (non-hydrogen) atoms. The molecule has 2 aliphatic heterocycles. The van der Waals surface area contributed by atoms with Crippen molar-refractivity contribution in [3.8, 4) is 16.9 Å². The molecule has 0 aliphatic carbocycles. The van der Waals surface area contributed by atoms with Crippen LogP contribution in [-0.4, -0.2) is 37.8 Å². The topological polar surface area (TPSA) is 59.6 Å². The van der Waals surface area contributed by atoms with Crippen LogP contribution in [0, 0.1) is 0 Å². The highest BCUT2D eigenvalue weighted by Gasteiger charge is 2.32. The Hall–Kier alpha value is -2.08. The predicted molar refractivity (Wildman–Crippen MR) is 107 cm³/mol. The first kappa shape index (κ1) is 19.7. The van der Waals surface area contributed by atoms with Crippen molar-refractivity contribution in [1.82, 2.24) is 10.6 Å². The molecule has 0 radical (unpaired) electrons. The van der Waals surface area contributed by atoms with Gasteiger partial charge in [-0.25, -0.2) is 0 Å². The van der Waals surface area contributed by atoms with Crippen molar-refractivity contribution in [1.29, 1.82) is 0 Å². The zero-order chi connectivity index (χ0) is 17.9. The van der Waals surface area contributed by atoms with E-state index in [0.717, 1.165) is 28.9 Å². The maximum atomic E-state index is 12.7. The third-order valence-corrected chi connectivity index (χ3v) is 5.07. The van der Waals surface area contributed by atoms with E-state index in [1.807, 2.05) is 37.3 Å². The molecular weight excluding hydrogens is 364 g/mol. The fraction of sp³-hybridized carbons (Fsp3) is 0.381. The molecule has 2 heterocycles. The Morgan fingerprint density at radius 3 is 2.70 bits per heavy atom. The summed E-state index contributed by atoms with van der Waals surface area (Å²) >= 11 is 0. The van der Waals surface area contributed by atoms with Crippen LogP contribution in [0.3, 0.4) is 0 Å². The highest BCUT2D eigenvalue weighted by Crippen LogP contribution is 2.40. The zero-order valence-electron chi connectivity index (χ0n) is 15.3. The van der Waals surface area contributed by atoms with Gasteiger partial charge in [0.1, 0.15) is 11.8 Å². The van der Waals surface area contributed by atoms with Gasteiger partial charge in [-0.05, 0) is 12.5 Å². The van der Waals surface area contributed by atoms with Gasteiger partial charge in [-0.2, -0.15) is 0 Å². The molecule has 1 saturated heterocycles. The molecule has 2 aromatic carbocycles. The van der Waals surface area contributed by atoms with E-state index in [1.54, 1.807) is 0 Å². The van der Waals surface area contributed by atoms with E-state index < -0.39 is 0 Å². The summed E-state index contributed by atoms with van der Waals surface area (Å²) in [6.07, 6.45) is 0.637. The molecule has 0 bridgehead atoms. The van der Waals surface area contributed by atoms with Gasteiger partial charge in [0.05, 0.1) is 25.4 Å². The van der Waals surface area contributed by atoms with Gasteiger partial charge >= 0.3 is 0 Å². The van der Waals surface area contributed by atoms with Gasteiger partial charge in [-0.3, -0.25) is 4.79 Å². The van der Waals surface area contributed by atoms with Crippen LogP contribution in [0.2, 0.25) is 0 Å². The van der Waals surface area contributed by atoms with E-state index in [2.05, 4.69) is 28.8 Å². The number of ether oxygens (including phenoxy) is 2. The quantitative estimate of drug-likeness (QED) is 0.848. The monoisotopic (exact) mass is 388 g/mol. The average Bonchev–Trinajstić information content (AvgIpc) is 2.69. The first-order chi connectivity index (χ1) is 12.7. The number of benzene rings is 2. The van der Waals surface area contributed by atoms with Crippen molar-refractivity contribution in [2.24, 2.45) is 0 Å². The Kier molecular flexibility index (Phi) is 6.37. The van der Waals surface area contributed by atoms with E-state index in [-0.39, 0.29) is 36.5 Å². The number of nitrogens with one attached hydrogen (secondary N) is 2. The van der Waals surface area contributed by atoms with E-state index in [1.165, 1.54) is 0 Å². The molecule has 144 valence electrons. The summed E-state index contributed by atoms with van der Waals surface area (Å²) in [5, 5.41) is 6.44. The van der Waals surface area contributed by atoms with Crippen LogP contribution < -0.4 is 15.4 Å². The van der Waals surface area contributed by atoms with Gasteiger partial charge in [-0.1, -0.05) is 48.5 Å². The number of hydrogen-bond acceptors (Lipinski definition) is 4. The van der Waals surface area contributed by atoms with Crippen molar-refractivity contribution in [3.63, 3.8) is 0 Å². The fourth-order valence-electron chi connectivity index (χ4n) is 3.71. The first-order valence-corrected chi connectivity index (χ1v) is 9.20. The second-order valence-electron chi connectivity index (χ2n) is 6.80. The Morgan fingerprint density at radius 2 is 1.93 bits per heavy atom. The van der Waals surface area contributed by atoms with Crippen molar-refractivity contribution in [2.75, 3.05) is 19.8 Å². The molecule has 1 amide bonds. The standard InChI is InChI=1S/C21H24N2O3.ClH/c1-14-19(22-11-13-25-14)21(24)23-18-10-12-26-20-16(8-5-9-17(18)20)15-6-3-2-4-7-15;/h2-9,14,18-19,22H,10-13H2,1H3,(H,23,24);1H/t14-,18?,19+;/m1./s1. The molecule has 6 heteroatoms. The van der Waals surface area contributed by atoms with Crippen molar-refractivity contribution in [3.05, 3.63) is 54.1 Å². The lowest BCUT2D eigenvalue weighted by Gasteiger charge is -2.33. The second-order valence-corrected chi connectivity index (χ2v) is 6.80. The SMILES string of the molecule is C[C@H]1OCCN[C@@H]1C(=O)NC1CCOc2c(-c3ccccc3)cccc21.Cl. The largest absolute Gasteiger partial charge is 0.492 e. The Bertz CT molecular complexity index is 784. The van der Waals surface area contributed by atoms with Crippen LogP contribution in [0.1, 0.15) is 24.9 Å². The maximum absolute atomic E-state index is 12.7. The minimum atomic E-state index is -0.313. The summed E-state index contributed by atoms with van der Waals surface area (Å²) < 4.78 is 11.6. The molecule has 2 aliphatic rings. The summed E-state index contributed by atoms with van der Waals surface area (Å²) in [7, 11) is 0. The molecule has 3 atom stereocenters. The van der Waals surface area contributed by atoms with Crippen LogP contribution in [0.25, 0.3) is 11.1 Å². The fourth-order valence-corrected chi connectivity index (χ4v) is 3.71. The van der Waals surface area contributed by atoms with E-state index in [9.17, 15) is 4.79 Å². The molecule has 2 N–H and O–H groups in total. The Labute approximate surface area is 165 Å². The molecule has 0 spiro atoms. The lowest BCUT2D eigenvalue weighted by molar-refractivity contribution is -0.129. The number of carbonyl (C=O) groups excluding carboxylic acids is 1. The molecule has 4 rings (SSSR count). The summed E-state index contributed by atoms with van der Waals surface area (Å²) in [6, 6.07) is 16.0. The van der Waals surface area contributed by atoms with E-state index in [0.29, 0.717) is 19.8 Å². The lowest BCUT2D eigenvalue weighted by Crippen LogP contribution is -2.56. The van der Waals surface area contributed by atoms with Crippen LogP contribution in [-0.2, 0) is 9.53 Å². The number of fused-ring (bicyclic) bond motifs is 1. The number of halogens is 1. The number of hydrogen-bond donors (Lipinski definition) is 2. The van der Waals surface area contributed by atoms with Crippen molar-refractivity contribution in [2.45, 2.75) is 31.5 Å².